The van der Waals surface area contributed by atoms with Gasteiger partial charge >= 0.3 is 6.01 Å². The molecule has 1 aliphatic carbocycles. The van der Waals surface area contributed by atoms with Crippen LogP contribution in [0.3, 0.4) is 0 Å². The first kappa shape index (κ1) is 21.5. The maximum Gasteiger partial charge on any atom is 0.325 e. The van der Waals surface area contributed by atoms with Gasteiger partial charge in [0.25, 0.3) is 0 Å². The van der Waals surface area contributed by atoms with Crippen LogP contribution >= 0.6 is 11.6 Å². The summed E-state index contributed by atoms with van der Waals surface area (Å²) in [6, 6.07) is 8.45. The highest BCUT2D eigenvalue weighted by molar-refractivity contribution is 6.37. The highest BCUT2D eigenvalue weighted by atomic mass is 35.5. The van der Waals surface area contributed by atoms with E-state index in [0.29, 0.717) is 28.5 Å². The zero-order valence-corrected chi connectivity index (χ0v) is 20.0. The highest BCUT2D eigenvalue weighted by Gasteiger charge is 2.30. The third-order valence-electron chi connectivity index (χ3n) is 6.46. The molecule has 178 valence electrons. The number of hydrazine groups is 1. The molecule has 34 heavy (non-hydrogen) atoms. The van der Waals surface area contributed by atoms with Crippen molar-refractivity contribution in [1.82, 2.24) is 31.1 Å². The molecule has 2 aromatic heterocycles. The predicted molar refractivity (Wildman–Crippen MR) is 134 cm³/mol. The first-order valence-corrected chi connectivity index (χ1v) is 12.2. The monoisotopic (exact) mass is 480 g/mol. The van der Waals surface area contributed by atoms with Gasteiger partial charge < -0.3 is 30.7 Å². The Hall–Kier alpha value is -3.01. The largest absolute Gasteiger partial charge is 0.423 e. The molecule has 3 aromatic rings. The van der Waals surface area contributed by atoms with E-state index in [1.165, 1.54) is 18.5 Å². The van der Waals surface area contributed by atoms with Crippen molar-refractivity contribution in [1.29, 1.82) is 0 Å². The molecule has 4 heterocycles. The van der Waals surface area contributed by atoms with Gasteiger partial charge in [0, 0.05) is 54.0 Å². The Morgan fingerprint density at radius 1 is 1.21 bits per heavy atom. The normalized spacial score (nSPS) is 22.6. The van der Waals surface area contributed by atoms with Gasteiger partial charge in [-0.1, -0.05) is 11.6 Å². The number of allylic oxidation sites excluding steroid dienone is 1. The van der Waals surface area contributed by atoms with E-state index in [9.17, 15) is 0 Å². The SMILES string of the molecule is Cc1cc2c(Cl)c(Oc3nc(NC4C=C(C5CC5)NN4)cc(N4CCNC(C)C4)n3)ccc2[nH]1. The Morgan fingerprint density at radius 2 is 2.09 bits per heavy atom. The number of piperazine rings is 1. The molecule has 0 radical (unpaired) electrons. The van der Waals surface area contributed by atoms with E-state index in [-0.39, 0.29) is 12.2 Å². The van der Waals surface area contributed by atoms with Gasteiger partial charge in [0.15, 0.2) is 0 Å². The molecular formula is C24H29ClN8O. The minimum Gasteiger partial charge on any atom is -0.423 e. The van der Waals surface area contributed by atoms with Crippen molar-refractivity contribution in [3.05, 3.63) is 46.8 Å². The number of aromatic nitrogens is 3. The maximum atomic E-state index is 6.68. The summed E-state index contributed by atoms with van der Waals surface area (Å²) in [5, 5.41) is 8.39. The van der Waals surface area contributed by atoms with Crippen molar-refractivity contribution < 1.29 is 4.74 Å². The summed E-state index contributed by atoms with van der Waals surface area (Å²) in [4.78, 5) is 15.0. The molecule has 6 rings (SSSR count). The maximum absolute atomic E-state index is 6.68. The van der Waals surface area contributed by atoms with Crippen LogP contribution in [0.5, 0.6) is 11.8 Å². The molecule has 2 aliphatic heterocycles. The number of aromatic amines is 1. The van der Waals surface area contributed by atoms with Crippen molar-refractivity contribution in [3.63, 3.8) is 0 Å². The van der Waals surface area contributed by atoms with Gasteiger partial charge in [-0.05, 0) is 56.9 Å². The summed E-state index contributed by atoms with van der Waals surface area (Å²) < 4.78 is 6.16. The molecule has 3 aliphatic rings. The highest BCUT2D eigenvalue weighted by Crippen LogP contribution is 2.37. The van der Waals surface area contributed by atoms with Crippen LogP contribution in [-0.2, 0) is 0 Å². The summed E-state index contributed by atoms with van der Waals surface area (Å²) in [5.41, 5.74) is 9.84. The fourth-order valence-corrected chi connectivity index (χ4v) is 4.85. The van der Waals surface area contributed by atoms with Gasteiger partial charge in [-0.3, -0.25) is 0 Å². The van der Waals surface area contributed by atoms with Crippen LogP contribution in [0.25, 0.3) is 10.9 Å². The summed E-state index contributed by atoms with van der Waals surface area (Å²) in [7, 11) is 0. The fraction of sp³-hybridized carbons (Fsp3) is 0.417. The van der Waals surface area contributed by atoms with Gasteiger partial charge in [-0.25, -0.2) is 5.43 Å². The van der Waals surface area contributed by atoms with Crippen LogP contribution in [0, 0.1) is 12.8 Å². The number of rotatable bonds is 6. The first-order chi connectivity index (χ1) is 16.5. The Balaban J connectivity index is 1.31. The Bertz CT molecular complexity index is 1250. The number of H-pyrrole nitrogens is 1. The van der Waals surface area contributed by atoms with Gasteiger partial charge in [-0.2, -0.15) is 9.97 Å². The number of hydrogen-bond acceptors (Lipinski definition) is 8. The van der Waals surface area contributed by atoms with Gasteiger partial charge in [0.05, 0.1) is 5.02 Å². The van der Waals surface area contributed by atoms with Gasteiger partial charge in [-0.15, -0.1) is 0 Å². The quantitative estimate of drug-likeness (QED) is 0.364. The fourth-order valence-electron chi connectivity index (χ4n) is 4.59. The molecule has 0 amide bonds. The number of benzene rings is 1. The van der Waals surface area contributed by atoms with E-state index in [0.717, 1.165) is 42.0 Å². The average molecular weight is 481 g/mol. The number of nitrogens with zero attached hydrogens (tertiary/aromatic N) is 3. The van der Waals surface area contributed by atoms with E-state index < -0.39 is 0 Å². The van der Waals surface area contributed by atoms with E-state index in [1.54, 1.807) is 0 Å². The molecule has 2 unspecified atom stereocenters. The molecule has 1 saturated carbocycles. The van der Waals surface area contributed by atoms with Crippen LogP contribution in [0.2, 0.25) is 5.02 Å². The predicted octanol–water partition coefficient (Wildman–Crippen LogP) is 3.65. The molecule has 0 spiro atoms. The van der Waals surface area contributed by atoms with Crippen molar-refractivity contribution in [2.75, 3.05) is 29.9 Å². The third-order valence-corrected chi connectivity index (χ3v) is 6.85. The minimum atomic E-state index is -0.0593. The van der Waals surface area contributed by atoms with Crippen molar-refractivity contribution in [2.24, 2.45) is 5.92 Å². The molecule has 5 N–H and O–H groups in total. The Morgan fingerprint density at radius 3 is 2.91 bits per heavy atom. The lowest BCUT2D eigenvalue weighted by Gasteiger charge is -2.33. The van der Waals surface area contributed by atoms with Crippen LogP contribution in [-0.4, -0.2) is 46.8 Å². The molecule has 2 fully saturated rings. The van der Waals surface area contributed by atoms with E-state index in [1.807, 2.05) is 31.2 Å². The van der Waals surface area contributed by atoms with E-state index in [2.05, 4.69) is 49.4 Å². The number of halogens is 1. The lowest BCUT2D eigenvalue weighted by Crippen LogP contribution is -2.49. The van der Waals surface area contributed by atoms with Crippen LogP contribution in [0.15, 0.2) is 36.0 Å². The van der Waals surface area contributed by atoms with E-state index >= 15 is 0 Å². The topological polar surface area (TPSA) is 102 Å². The van der Waals surface area contributed by atoms with Crippen LogP contribution < -0.4 is 31.1 Å². The second kappa shape index (κ2) is 8.65. The molecule has 1 aromatic carbocycles. The molecule has 0 bridgehead atoms. The second-order valence-electron chi connectivity index (χ2n) is 9.38. The number of fused-ring (bicyclic) bond motifs is 1. The number of anilines is 2. The van der Waals surface area contributed by atoms with Crippen LogP contribution in [0.4, 0.5) is 11.6 Å². The summed E-state index contributed by atoms with van der Waals surface area (Å²) in [6.07, 6.45) is 4.62. The number of hydrogen-bond donors (Lipinski definition) is 5. The minimum absolute atomic E-state index is 0.0593. The van der Waals surface area contributed by atoms with Crippen molar-refractivity contribution >= 4 is 34.1 Å². The third kappa shape index (κ3) is 4.38. The lowest BCUT2D eigenvalue weighted by molar-refractivity contribution is 0.438. The standard InChI is InChI=1S/C24H29ClN8O/c1-13-9-16-17(27-13)5-6-19(23(16)25)34-24-29-20(28-21-10-18(31-32-21)15-3-4-15)11-22(30-24)33-8-7-26-14(2)12-33/h5-6,9-11,14-15,21,26-27,31-32H,3-4,7-8,12H2,1-2H3,(H,28,29,30). The van der Waals surface area contributed by atoms with Gasteiger partial charge in [0.2, 0.25) is 0 Å². The average Bonchev–Trinajstić information content (AvgIpc) is 3.44. The summed E-state index contributed by atoms with van der Waals surface area (Å²) in [5.74, 6) is 2.69. The molecular weight excluding hydrogens is 452 g/mol. The Labute approximate surface area is 203 Å². The Kier molecular flexibility index (Phi) is 5.47. The van der Waals surface area contributed by atoms with Crippen molar-refractivity contribution in [2.45, 2.75) is 38.9 Å². The van der Waals surface area contributed by atoms with Gasteiger partial charge in [0.1, 0.15) is 23.6 Å². The molecule has 2 atom stereocenters. The number of ether oxygens (including phenoxy) is 1. The molecule has 10 heteroatoms. The zero-order valence-electron chi connectivity index (χ0n) is 19.3. The molecule has 1 saturated heterocycles. The van der Waals surface area contributed by atoms with Crippen LogP contribution in [0.1, 0.15) is 25.5 Å². The summed E-state index contributed by atoms with van der Waals surface area (Å²) >= 11 is 6.68. The second-order valence-corrected chi connectivity index (χ2v) is 9.75. The number of aryl methyl sites for hydroxylation is 1. The number of nitrogens with one attached hydrogen (secondary N) is 5. The first-order valence-electron chi connectivity index (χ1n) is 11.8. The lowest BCUT2D eigenvalue weighted by atomic mass is 10.2. The summed E-state index contributed by atoms with van der Waals surface area (Å²) in [6.45, 7) is 6.81. The smallest absolute Gasteiger partial charge is 0.325 e. The van der Waals surface area contributed by atoms with E-state index in [4.69, 9.17) is 21.3 Å². The molecule has 9 nitrogen and oxygen atoms in total. The zero-order chi connectivity index (χ0) is 23.2. The van der Waals surface area contributed by atoms with Crippen molar-refractivity contribution in [3.8, 4) is 11.8 Å².